The minimum absolute atomic E-state index is 0.000234. The maximum Gasteiger partial charge on any atom is 0.337 e. The third kappa shape index (κ3) is 4.01. The molecule has 1 aromatic heterocycles. The largest absolute Gasteiger partial charge is 0.493 e. The molecule has 35 heavy (non-hydrogen) atoms. The van der Waals surface area contributed by atoms with Crippen molar-refractivity contribution in [3.05, 3.63) is 70.1 Å². The first-order chi connectivity index (χ1) is 16.6. The Balaban J connectivity index is 1.94. The molecule has 7 heteroatoms. The van der Waals surface area contributed by atoms with Crippen LogP contribution in [-0.2, 0) is 16.0 Å². The summed E-state index contributed by atoms with van der Waals surface area (Å²) in [5.41, 5.74) is 3.33. The van der Waals surface area contributed by atoms with Crippen molar-refractivity contribution in [1.29, 1.82) is 0 Å². The highest BCUT2D eigenvalue weighted by atomic mass is 35.5. The predicted octanol–water partition coefficient (Wildman–Crippen LogP) is 7.03. The van der Waals surface area contributed by atoms with Crippen LogP contribution in [0.15, 0.2) is 42.6 Å². The van der Waals surface area contributed by atoms with E-state index in [1.54, 1.807) is 46.0 Å². The van der Waals surface area contributed by atoms with Gasteiger partial charge in [-0.1, -0.05) is 17.7 Å². The minimum atomic E-state index is -1.28. The van der Waals surface area contributed by atoms with Gasteiger partial charge in [0.2, 0.25) is 0 Å². The lowest BCUT2D eigenvalue weighted by Gasteiger charge is -2.29. The van der Waals surface area contributed by atoms with Crippen molar-refractivity contribution >= 4 is 39.2 Å². The van der Waals surface area contributed by atoms with Crippen molar-refractivity contribution in [3.8, 4) is 16.9 Å². The second-order valence-electron chi connectivity index (χ2n) is 9.79. The first-order valence-corrected chi connectivity index (χ1v) is 11.8. The van der Waals surface area contributed by atoms with Crippen molar-refractivity contribution in [2.45, 2.75) is 45.8 Å². The highest BCUT2D eigenvalue weighted by Gasteiger charge is 2.33. The number of hydrogen-bond donors (Lipinski definition) is 1. The molecule has 0 aliphatic carbocycles. The van der Waals surface area contributed by atoms with Crippen LogP contribution < -0.4 is 4.74 Å². The highest BCUT2D eigenvalue weighted by molar-refractivity contribution is 6.31. The topological polar surface area (TPSA) is 68.7 Å². The monoisotopic (exact) mass is 493 g/mol. The fourth-order valence-electron chi connectivity index (χ4n) is 4.88. The van der Waals surface area contributed by atoms with Gasteiger partial charge in [0.15, 0.2) is 6.10 Å². The molecule has 0 spiro atoms. The number of carboxylic acids is 1. The van der Waals surface area contributed by atoms with Gasteiger partial charge in [-0.25, -0.2) is 9.18 Å². The Kier molecular flexibility index (Phi) is 5.69. The summed E-state index contributed by atoms with van der Waals surface area (Å²) >= 11 is 6.12. The van der Waals surface area contributed by atoms with Crippen molar-refractivity contribution < 1.29 is 23.8 Å². The molecule has 0 bridgehead atoms. The molecule has 0 radical (unpaired) electrons. The fourth-order valence-corrected chi connectivity index (χ4v) is 5.04. The first-order valence-electron chi connectivity index (χ1n) is 11.4. The quantitative estimate of drug-likeness (QED) is 0.330. The average Bonchev–Trinajstić information content (AvgIpc) is 2.80. The summed E-state index contributed by atoms with van der Waals surface area (Å²) in [6, 6.07) is 10.5. The normalized spacial score (nSPS) is 14.2. The van der Waals surface area contributed by atoms with E-state index in [2.05, 4.69) is 4.98 Å². The number of halogens is 2. The maximum atomic E-state index is 15.2. The number of nitrogens with zero attached hydrogens (tertiary/aromatic N) is 1. The number of pyridine rings is 1. The summed E-state index contributed by atoms with van der Waals surface area (Å²) in [6.07, 6.45) is 1.20. The van der Waals surface area contributed by atoms with E-state index in [0.29, 0.717) is 45.1 Å². The lowest BCUT2D eigenvalue weighted by Crippen LogP contribution is -2.28. The van der Waals surface area contributed by atoms with Crippen LogP contribution in [0.2, 0.25) is 5.02 Å². The molecule has 1 aliphatic rings. The zero-order valence-electron chi connectivity index (χ0n) is 19.9. The fraction of sp³-hybridized carbons (Fsp3) is 0.286. The van der Waals surface area contributed by atoms with Crippen LogP contribution in [0.5, 0.6) is 5.75 Å². The molecule has 5 nitrogen and oxygen atoms in total. The van der Waals surface area contributed by atoms with Gasteiger partial charge in [0, 0.05) is 34.5 Å². The van der Waals surface area contributed by atoms with Crippen molar-refractivity contribution in [3.63, 3.8) is 0 Å². The Labute approximate surface area is 207 Å². The number of aromatic nitrogens is 1. The summed E-state index contributed by atoms with van der Waals surface area (Å²) in [4.78, 5) is 17.2. The Hall–Kier alpha value is -3.22. The van der Waals surface area contributed by atoms with Gasteiger partial charge in [-0.15, -0.1) is 0 Å². The van der Waals surface area contributed by atoms with Crippen LogP contribution in [0.25, 0.3) is 32.8 Å². The smallest absolute Gasteiger partial charge is 0.337 e. The standard InChI is InChI=1S/C28H25ClFNO4/c1-14-13-18-16(5-7-19(29)24(18)30)23(21(14)26(27(32)33)35-28(2,3)4)17-6-8-20-22-15(10-12-34-20)9-11-31-25(17)22/h5-9,11,13,26H,10,12H2,1-4H3,(H,32,33)/t26-/m0/s1. The lowest BCUT2D eigenvalue weighted by molar-refractivity contribution is -0.160. The van der Waals surface area contributed by atoms with Crippen molar-refractivity contribution in [2.75, 3.05) is 6.61 Å². The average molecular weight is 494 g/mol. The SMILES string of the molecule is Cc1cc2c(F)c(Cl)ccc2c(-c2ccc3c4c(ccnc24)CCO3)c1[C@H](OC(C)(C)C)C(=O)O. The van der Waals surface area contributed by atoms with Gasteiger partial charge in [0.1, 0.15) is 11.6 Å². The number of rotatable bonds is 4. The third-order valence-corrected chi connectivity index (χ3v) is 6.55. The second kappa shape index (κ2) is 8.47. The molecule has 180 valence electrons. The van der Waals surface area contributed by atoms with E-state index in [1.807, 2.05) is 18.2 Å². The van der Waals surface area contributed by atoms with Crippen LogP contribution in [0.3, 0.4) is 0 Å². The number of carboxylic acid groups (broad SMARTS) is 1. The molecule has 0 unspecified atom stereocenters. The van der Waals surface area contributed by atoms with E-state index >= 15 is 4.39 Å². The van der Waals surface area contributed by atoms with E-state index in [-0.39, 0.29) is 5.02 Å². The molecule has 0 saturated carbocycles. The van der Waals surface area contributed by atoms with Gasteiger partial charge in [-0.3, -0.25) is 4.98 Å². The lowest BCUT2D eigenvalue weighted by atomic mass is 9.85. The molecule has 1 aliphatic heterocycles. The molecule has 4 aromatic rings. The summed E-state index contributed by atoms with van der Waals surface area (Å²) < 4.78 is 27.2. The van der Waals surface area contributed by atoms with Gasteiger partial charge >= 0.3 is 5.97 Å². The van der Waals surface area contributed by atoms with Gasteiger partial charge in [-0.05, 0) is 80.1 Å². The number of benzene rings is 3. The van der Waals surface area contributed by atoms with Gasteiger partial charge in [-0.2, -0.15) is 0 Å². The predicted molar refractivity (Wildman–Crippen MR) is 135 cm³/mol. The molecule has 3 aromatic carbocycles. The van der Waals surface area contributed by atoms with E-state index in [1.165, 1.54) is 6.07 Å². The van der Waals surface area contributed by atoms with E-state index in [9.17, 15) is 9.90 Å². The summed E-state index contributed by atoms with van der Waals surface area (Å²) in [7, 11) is 0. The van der Waals surface area contributed by atoms with Gasteiger partial charge in [0.05, 0.1) is 22.7 Å². The number of fused-ring (bicyclic) bond motifs is 1. The number of aryl methyl sites for hydroxylation is 1. The van der Waals surface area contributed by atoms with Crippen LogP contribution in [0.1, 0.15) is 43.6 Å². The maximum absolute atomic E-state index is 15.2. The number of hydrogen-bond acceptors (Lipinski definition) is 4. The zero-order valence-corrected chi connectivity index (χ0v) is 20.7. The molecule has 5 rings (SSSR count). The number of carbonyl (C=O) groups is 1. The molecule has 0 saturated heterocycles. The second-order valence-corrected chi connectivity index (χ2v) is 10.2. The van der Waals surface area contributed by atoms with Crippen LogP contribution in [0.4, 0.5) is 4.39 Å². The molecule has 1 N–H and O–H groups in total. The number of ether oxygens (including phenoxy) is 2. The summed E-state index contributed by atoms with van der Waals surface area (Å²) in [5, 5.41) is 12.0. The molecular formula is C28H25ClFNO4. The summed E-state index contributed by atoms with van der Waals surface area (Å²) in [5.74, 6) is -0.952. The molecule has 2 heterocycles. The van der Waals surface area contributed by atoms with Crippen LogP contribution in [0, 0.1) is 12.7 Å². The Morgan fingerprint density at radius 1 is 1.20 bits per heavy atom. The van der Waals surface area contributed by atoms with Crippen LogP contribution >= 0.6 is 11.6 Å². The highest BCUT2D eigenvalue weighted by Crippen LogP contribution is 2.45. The molecule has 1 atom stereocenters. The first kappa shape index (κ1) is 23.5. The van der Waals surface area contributed by atoms with Crippen molar-refractivity contribution in [2.24, 2.45) is 0 Å². The molecule has 0 fully saturated rings. The van der Waals surface area contributed by atoms with E-state index in [4.69, 9.17) is 21.1 Å². The molecule has 0 amide bonds. The molecular weight excluding hydrogens is 469 g/mol. The minimum Gasteiger partial charge on any atom is -0.493 e. The van der Waals surface area contributed by atoms with E-state index in [0.717, 1.165) is 23.1 Å². The Morgan fingerprint density at radius 3 is 2.69 bits per heavy atom. The Morgan fingerprint density at radius 2 is 1.97 bits per heavy atom. The zero-order chi connectivity index (χ0) is 25.1. The third-order valence-electron chi connectivity index (χ3n) is 6.25. The van der Waals surface area contributed by atoms with Crippen LogP contribution in [-0.4, -0.2) is 28.3 Å². The van der Waals surface area contributed by atoms with Gasteiger partial charge < -0.3 is 14.6 Å². The summed E-state index contributed by atoms with van der Waals surface area (Å²) in [6.45, 7) is 7.76. The number of aliphatic carboxylic acids is 1. The Bertz CT molecular complexity index is 1500. The van der Waals surface area contributed by atoms with Gasteiger partial charge in [0.25, 0.3) is 0 Å². The van der Waals surface area contributed by atoms with Crippen molar-refractivity contribution in [1.82, 2.24) is 4.98 Å². The van der Waals surface area contributed by atoms with E-state index < -0.39 is 23.5 Å².